The molecule has 0 aliphatic heterocycles. The molecule has 1 aliphatic rings. The second-order valence-corrected chi connectivity index (χ2v) is 7.94. The summed E-state index contributed by atoms with van der Waals surface area (Å²) in [5.41, 5.74) is 2.37. The molecule has 1 aromatic rings. The van der Waals surface area contributed by atoms with E-state index in [4.69, 9.17) is 0 Å². The molecular formula is C20H28O3. The van der Waals surface area contributed by atoms with Gasteiger partial charge in [0.2, 0.25) is 0 Å². The topological polar surface area (TPSA) is 57.5 Å². The summed E-state index contributed by atoms with van der Waals surface area (Å²) >= 11 is 0. The van der Waals surface area contributed by atoms with Crippen molar-refractivity contribution in [2.24, 2.45) is 11.8 Å². The molecule has 0 bridgehead atoms. The smallest absolute Gasteiger partial charge is 0.133 e. The van der Waals surface area contributed by atoms with Gasteiger partial charge in [-0.25, -0.2) is 0 Å². The van der Waals surface area contributed by atoms with Crippen LogP contribution in [0.5, 0.6) is 11.5 Å². The first-order valence-electron chi connectivity index (χ1n) is 8.32. The Morgan fingerprint density at radius 2 is 1.83 bits per heavy atom. The fourth-order valence-electron chi connectivity index (χ4n) is 3.50. The summed E-state index contributed by atoms with van der Waals surface area (Å²) in [6.45, 7) is 12.2. The van der Waals surface area contributed by atoms with Gasteiger partial charge >= 0.3 is 0 Å². The van der Waals surface area contributed by atoms with E-state index in [1.807, 2.05) is 27.7 Å². The normalized spacial score (nSPS) is 22.2. The maximum atomic E-state index is 11.8. The molecule has 126 valence electrons. The number of ketones is 1. The first kappa shape index (κ1) is 17.6. The highest BCUT2D eigenvalue weighted by Gasteiger charge is 2.31. The minimum absolute atomic E-state index is 0.103. The molecule has 1 saturated carbocycles. The molecule has 0 heterocycles. The SMILES string of the molecule is C=C(C)C1CCC(=O)CC1Cc1c(O)cc(C(C)(C)C)cc1O. The Bertz CT molecular complexity index is 599. The van der Waals surface area contributed by atoms with E-state index in [2.05, 4.69) is 6.58 Å². The molecule has 1 fully saturated rings. The van der Waals surface area contributed by atoms with Crippen LogP contribution in [0.25, 0.3) is 0 Å². The zero-order chi connectivity index (χ0) is 17.4. The van der Waals surface area contributed by atoms with Crippen molar-refractivity contribution in [3.05, 3.63) is 35.4 Å². The lowest BCUT2D eigenvalue weighted by molar-refractivity contribution is -0.122. The Balaban J connectivity index is 2.31. The van der Waals surface area contributed by atoms with E-state index in [1.165, 1.54) is 0 Å². The van der Waals surface area contributed by atoms with Crippen molar-refractivity contribution in [2.45, 2.75) is 58.8 Å². The van der Waals surface area contributed by atoms with Gasteiger partial charge in [-0.05, 0) is 54.7 Å². The first-order chi connectivity index (χ1) is 10.6. The lowest BCUT2D eigenvalue weighted by atomic mass is 9.72. The third-order valence-corrected chi connectivity index (χ3v) is 4.96. The first-order valence-corrected chi connectivity index (χ1v) is 8.32. The van der Waals surface area contributed by atoms with Crippen LogP contribution in [-0.4, -0.2) is 16.0 Å². The second-order valence-electron chi connectivity index (χ2n) is 7.94. The molecule has 3 heteroatoms. The fraction of sp³-hybridized carbons (Fsp3) is 0.550. The summed E-state index contributed by atoms with van der Waals surface area (Å²) in [7, 11) is 0. The van der Waals surface area contributed by atoms with Gasteiger partial charge in [0.25, 0.3) is 0 Å². The third kappa shape index (κ3) is 3.95. The van der Waals surface area contributed by atoms with Crippen LogP contribution in [-0.2, 0) is 16.6 Å². The van der Waals surface area contributed by atoms with Crippen LogP contribution in [0.2, 0.25) is 0 Å². The minimum atomic E-state index is -0.144. The van der Waals surface area contributed by atoms with Gasteiger partial charge in [0.1, 0.15) is 17.3 Å². The molecule has 2 N–H and O–H groups in total. The Kier molecular flexibility index (Phi) is 4.88. The fourth-order valence-corrected chi connectivity index (χ4v) is 3.50. The molecule has 2 atom stereocenters. The van der Waals surface area contributed by atoms with Crippen LogP contribution in [0.3, 0.4) is 0 Å². The summed E-state index contributed by atoms with van der Waals surface area (Å²) in [5.74, 6) is 0.874. The maximum Gasteiger partial charge on any atom is 0.133 e. The van der Waals surface area contributed by atoms with Crippen LogP contribution in [0.4, 0.5) is 0 Å². The number of phenolic OH excluding ortho intramolecular Hbond substituents is 2. The van der Waals surface area contributed by atoms with Gasteiger partial charge in [0.05, 0.1) is 0 Å². The van der Waals surface area contributed by atoms with Crippen molar-refractivity contribution in [3.63, 3.8) is 0 Å². The highest BCUT2D eigenvalue weighted by Crippen LogP contribution is 2.40. The number of phenols is 2. The van der Waals surface area contributed by atoms with E-state index < -0.39 is 0 Å². The highest BCUT2D eigenvalue weighted by atomic mass is 16.3. The molecule has 0 aromatic heterocycles. The summed E-state index contributed by atoms with van der Waals surface area (Å²) < 4.78 is 0. The molecule has 2 rings (SSSR count). The number of rotatable bonds is 3. The number of aromatic hydroxyl groups is 2. The Hall–Kier alpha value is -1.77. The van der Waals surface area contributed by atoms with Gasteiger partial charge in [-0.3, -0.25) is 4.79 Å². The largest absolute Gasteiger partial charge is 0.508 e. The van der Waals surface area contributed by atoms with Crippen molar-refractivity contribution in [2.75, 3.05) is 0 Å². The molecule has 0 radical (unpaired) electrons. The molecule has 1 aliphatic carbocycles. The summed E-state index contributed by atoms with van der Waals surface area (Å²) in [6, 6.07) is 3.46. The number of Topliss-reactive ketones (excluding diaryl/α,β-unsaturated/α-hetero) is 1. The minimum Gasteiger partial charge on any atom is -0.508 e. The average molecular weight is 316 g/mol. The Morgan fingerprint density at radius 3 is 2.30 bits per heavy atom. The van der Waals surface area contributed by atoms with Crippen LogP contribution in [0.1, 0.15) is 58.1 Å². The van der Waals surface area contributed by atoms with Crippen LogP contribution < -0.4 is 0 Å². The van der Waals surface area contributed by atoms with Crippen molar-refractivity contribution in [1.82, 2.24) is 0 Å². The van der Waals surface area contributed by atoms with Gasteiger partial charge in [-0.1, -0.05) is 32.9 Å². The number of carbonyl (C=O) groups excluding carboxylic acids is 1. The van der Waals surface area contributed by atoms with Crippen molar-refractivity contribution >= 4 is 5.78 Å². The van der Waals surface area contributed by atoms with Gasteiger partial charge < -0.3 is 10.2 Å². The van der Waals surface area contributed by atoms with E-state index in [0.717, 1.165) is 17.6 Å². The van der Waals surface area contributed by atoms with E-state index >= 15 is 0 Å². The lowest BCUT2D eigenvalue weighted by Crippen LogP contribution is -2.27. The van der Waals surface area contributed by atoms with Crippen LogP contribution in [0, 0.1) is 11.8 Å². The predicted octanol–water partition coefficient (Wildman–Crippen LogP) is 4.50. The van der Waals surface area contributed by atoms with E-state index in [1.54, 1.807) is 12.1 Å². The summed E-state index contributed by atoms with van der Waals surface area (Å²) in [6.07, 6.45) is 2.43. The number of hydrogen-bond acceptors (Lipinski definition) is 3. The molecule has 1 aromatic carbocycles. The van der Waals surface area contributed by atoms with E-state index in [9.17, 15) is 15.0 Å². The molecular weight excluding hydrogens is 288 g/mol. The van der Waals surface area contributed by atoms with Gasteiger partial charge in [0.15, 0.2) is 0 Å². The summed E-state index contributed by atoms with van der Waals surface area (Å²) in [4.78, 5) is 11.8. The third-order valence-electron chi connectivity index (χ3n) is 4.96. The predicted molar refractivity (Wildman–Crippen MR) is 92.8 cm³/mol. The number of benzene rings is 1. The standard InChI is InChI=1S/C20H28O3/c1-12(2)16-7-6-15(21)8-13(16)9-17-18(22)10-14(11-19(17)23)20(3,4)5/h10-11,13,16,22-23H,1,6-9H2,2-5H3. The lowest BCUT2D eigenvalue weighted by Gasteiger charge is -2.32. The molecule has 0 saturated heterocycles. The van der Waals surface area contributed by atoms with Crippen molar-refractivity contribution < 1.29 is 15.0 Å². The van der Waals surface area contributed by atoms with E-state index in [-0.39, 0.29) is 34.5 Å². The molecule has 0 amide bonds. The number of carbonyl (C=O) groups is 1. The monoisotopic (exact) mass is 316 g/mol. The van der Waals surface area contributed by atoms with Crippen LogP contribution >= 0.6 is 0 Å². The molecule has 2 unspecified atom stereocenters. The zero-order valence-electron chi connectivity index (χ0n) is 14.6. The van der Waals surface area contributed by atoms with Crippen molar-refractivity contribution in [1.29, 1.82) is 0 Å². The Morgan fingerprint density at radius 1 is 1.26 bits per heavy atom. The molecule has 3 nitrogen and oxygen atoms in total. The van der Waals surface area contributed by atoms with Gasteiger partial charge in [-0.15, -0.1) is 0 Å². The zero-order valence-corrected chi connectivity index (χ0v) is 14.6. The highest BCUT2D eigenvalue weighted by molar-refractivity contribution is 5.79. The molecule has 23 heavy (non-hydrogen) atoms. The van der Waals surface area contributed by atoms with Gasteiger partial charge in [0, 0.05) is 18.4 Å². The van der Waals surface area contributed by atoms with Crippen LogP contribution in [0.15, 0.2) is 24.3 Å². The average Bonchev–Trinajstić information content (AvgIpc) is 2.41. The van der Waals surface area contributed by atoms with E-state index in [0.29, 0.717) is 24.8 Å². The van der Waals surface area contributed by atoms with Gasteiger partial charge in [-0.2, -0.15) is 0 Å². The quantitative estimate of drug-likeness (QED) is 0.807. The maximum absolute atomic E-state index is 11.8. The molecule has 0 spiro atoms. The summed E-state index contributed by atoms with van der Waals surface area (Å²) in [5, 5.41) is 20.8. The second kappa shape index (κ2) is 6.38. The number of hydrogen-bond donors (Lipinski definition) is 2. The number of allylic oxidation sites excluding steroid dienone is 1. The van der Waals surface area contributed by atoms with Crippen molar-refractivity contribution in [3.8, 4) is 11.5 Å². The Labute approximate surface area is 139 Å².